The minimum atomic E-state index is -4.45. The van der Waals surface area contributed by atoms with E-state index in [1.54, 1.807) is 0 Å². The van der Waals surface area contributed by atoms with Gasteiger partial charge in [0.15, 0.2) is 0 Å². The molecule has 1 aliphatic rings. The van der Waals surface area contributed by atoms with Gasteiger partial charge >= 0.3 is 6.18 Å². The van der Waals surface area contributed by atoms with Gasteiger partial charge in [-0.15, -0.1) is 0 Å². The highest BCUT2D eigenvalue weighted by Crippen LogP contribution is 2.28. The molecule has 0 aliphatic carbocycles. The van der Waals surface area contributed by atoms with Crippen LogP contribution in [0.15, 0.2) is 12.3 Å². The number of nitrogens with one attached hydrogen (secondary N) is 1. The zero-order valence-electron chi connectivity index (χ0n) is 9.16. The monoisotopic (exact) mass is 247 g/mol. The number of anilines is 1. The Morgan fingerprint density at radius 2 is 2.24 bits per heavy atom. The predicted octanol–water partition coefficient (Wildman–Crippen LogP) is 2.08. The second-order valence-corrected chi connectivity index (χ2v) is 3.88. The summed E-state index contributed by atoms with van der Waals surface area (Å²) in [6.45, 7) is 2.45. The van der Waals surface area contributed by atoms with Crippen LogP contribution in [-0.4, -0.2) is 28.7 Å². The van der Waals surface area contributed by atoms with Crippen LogP contribution in [0.1, 0.15) is 19.0 Å². The average molecular weight is 247 g/mol. The largest absolute Gasteiger partial charge is 0.433 e. The third-order valence-corrected chi connectivity index (χ3v) is 2.64. The lowest BCUT2D eigenvalue weighted by Crippen LogP contribution is -2.28. The molecule has 0 amide bonds. The topological polar surface area (TPSA) is 47.0 Å². The number of hydrogen-bond donors (Lipinski definition) is 1. The van der Waals surface area contributed by atoms with Gasteiger partial charge in [-0.05, 0) is 19.4 Å². The lowest BCUT2D eigenvalue weighted by atomic mass is 10.2. The molecule has 1 N–H and O–H groups in total. The minimum absolute atomic E-state index is 0.0119. The Balaban J connectivity index is 2.11. The van der Waals surface area contributed by atoms with Gasteiger partial charge in [0.2, 0.25) is 5.95 Å². The van der Waals surface area contributed by atoms with Crippen LogP contribution in [0.2, 0.25) is 0 Å². The van der Waals surface area contributed by atoms with Crippen LogP contribution < -0.4 is 5.32 Å². The number of ether oxygens (including phenoxy) is 1. The van der Waals surface area contributed by atoms with Gasteiger partial charge in [-0.2, -0.15) is 13.2 Å². The predicted molar refractivity (Wildman–Crippen MR) is 54.5 cm³/mol. The van der Waals surface area contributed by atoms with Crippen molar-refractivity contribution >= 4 is 5.95 Å². The Kier molecular flexibility index (Phi) is 3.19. The van der Waals surface area contributed by atoms with E-state index in [1.165, 1.54) is 0 Å². The maximum Gasteiger partial charge on any atom is 0.433 e. The SMILES string of the molecule is CC1OCCC1Nc1nccc(C(F)(F)F)n1. The molecule has 94 valence electrons. The standard InChI is InChI=1S/C10H12F3N3O/c1-6-7(3-5-17-6)15-9-14-4-2-8(16-9)10(11,12)13/h2,4,6-7H,3,5H2,1H3,(H,14,15,16). The smallest absolute Gasteiger partial charge is 0.376 e. The molecule has 17 heavy (non-hydrogen) atoms. The molecule has 2 rings (SSSR count). The van der Waals surface area contributed by atoms with Crippen LogP contribution in [-0.2, 0) is 10.9 Å². The van der Waals surface area contributed by atoms with E-state index >= 15 is 0 Å². The van der Waals surface area contributed by atoms with E-state index in [4.69, 9.17) is 4.74 Å². The first-order valence-electron chi connectivity index (χ1n) is 5.25. The average Bonchev–Trinajstić information content (AvgIpc) is 2.64. The molecule has 1 fully saturated rings. The fourth-order valence-corrected chi connectivity index (χ4v) is 1.67. The lowest BCUT2D eigenvalue weighted by Gasteiger charge is -2.16. The van der Waals surface area contributed by atoms with E-state index in [2.05, 4.69) is 15.3 Å². The summed E-state index contributed by atoms with van der Waals surface area (Å²) in [5, 5.41) is 2.86. The maximum atomic E-state index is 12.4. The van der Waals surface area contributed by atoms with Crippen molar-refractivity contribution in [3.63, 3.8) is 0 Å². The van der Waals surface area contributed by atoms with Crippen molar-refractivity contribution in [1.82, 2.24) is 9.97 Å². The number of hydrogen-bond acceptors (Lipinski definition) is 4. The molecule has 0 radical (unpaired) electrons. The summed E-state index contributed by atoms with van der Waals surface area (Å²) in [6.07, 6.45) is -2.66. The van der Waals surface area contributed by atoms with Gasteiger partial charge in [-0.3, -0.25) is 0 Å². The molecule has 1 aliphatic heterocycles. The van der Waals surface area contributed by atoms with E-state index in [1.807, 2.05) is 6.92 Å². The summed E-state index contributed by atoms with van der Waals surface area (Å²) in [4.78, 5) is 7.21. The molecule has 2 atom stereocenters. The first-order valence-corrected chi connectivity index (χ1v) is 5.25. The van der Waals surface area contributed by atoms with Gasteiger partial charge < -0.3 is 10.1 Å². The second-order valence-electron chi connectivity index (χ2n) is 3.88. The number of nitrogens with zero attached hydrogens (tertiary/aromatic N) is 2. The van der Waals surface area contributed by atoms with Crippen molar-refractivity contribution in [2.75, 3.05) is 11.9 Å². The quantitative estimate of drug-likeness (QED) is 0.869. The van der Waals surface area contributed by atoms with E-state index in [0.29, 0.717) is 6.61 Å². The van der Waals surface area contributed by atoms with Gasteiger partial charge in [0.05, 0.1) is 12.1 Å². The van der Waals surface area contributed by atoms with E-state index in [9.17, 15) is 13.2 Å². The van der Waals surface area contributed by atoms with Crippen molar-refractivity contribution < 1.29 is 17.9 Å². The van der Waals surface area contributed by atoms with Gasteiger partial charge in [-0.25, -0.2) is 9.97 Å². The summed E-state index contributed by atoms with van der Waals surface area (Å²) >= 11 is 0. The molecule has 2 unspecified atom stereocenters. The fourth-order valence-electron chi connectivity index (χ4n) is 1.67. The van der Waals surface area contributed by atoms with Gasteiger partial charge in [0.25, 0.3) is 0 Å². The van der Waals surface area contributed by atoms with E-state index in [0.717, 1.165) is 18.7 Å². The van der Waals surface area contributed by atoms with Crippen molar-refractivity contribution in [1.29, 1.82) is 0 Å². The van der Waals surface area contributed by atoms with Crippen LogP contribution in [0.4, 0.5) is 19.1 Å². The van der Waals surface area contributed by atoms with Crippen LogP contribution in [0.25, 0.3) is 0 Å². The molecule has 1 saturated heterocycles. The summed E-state index contributed by atoms with van der Waals surface area (Å²) in [5.41, 5.74) is -0.943. The van der Waals surface area contributed by atoms with Crippen molar-refractivity contribution in [2.45, 2.75) is 31.7 Å². The lowest BCUT2D eigenvalue weighted by molar-refractivity contribution is -0.141. The van der Waals surface area contributed by atoms with Gasteiger partial charge in [-0.1, -0.05) is 0 Å². The van der Waals surface area contributed by atoms with Crippen molar-refractivity contribution in [3.05, 3.63) is 18.0 Å². The maximum absolute atomic E-state index is 12.4. The molecular formula is C10H12F3N3O. The van der Waals surface area contributed by atoms with Crippen LogP contribution in [0, 0.1) is 0 Å². The molecule has 0 saturated carbocycles. The normalized spacial score (nSPS) is 24.9. The summed E-state index contributed by atoms with van der Waals surface area (Å²) < 4.78 is 42.5. The fraction of sp³-hybridized carbons (Fsp3) is 0.600. The van der Waals surface area contributed by atoms with Gasteiger partial charge in [0.1, 0.15) is 5.69 Å². The Morgan fingerprint density at radius 1 is 1.47 bits per heavy atom. The Bertz CT molecular complexity index is 397. The number of rotatable bonds is 2. The third-order valence-electron chi connectivity index (χ3n) is 2.64. The molecular weight excluding hydrogens is 235 g/mol. The first-order chi connectivity index (χ1) is 7.97. The van der Waals surface area contributed by atoms with Crippen LogP contribution in [0.3, 0.4) is 0 Å². The highest BCUT2D eigenvalue weighted by atomic mass is 19.4. The Morgan fingerprint density at radius 3 is 2.82 bits per heavy atom. The molecule has 1 aromatic heterocycles. The summed E-state index contributed by atoms with van der Waals surface area (Å²) in [5.74, 6) is -0.0119. The van der Waals surface area contributed by atoms with Gasteiger partial charge in [0, 0.05) is 12.8 Å². The van der Waals surface area contributed by atoms with Crippen LogP contribution >= 0.6 is 0 Å². The Labute approximate surface area is 96.2 Å². The molecule has 0 spiro atoms. The molecule has 7 heteroatoms. The molecule has 0 aromatic carbocycles. The summed E-state index contributed by atoms with van der Waals surface area (Å²) in [6, 6.07) is 0.804. The second kappa shape index (κ2) is 4.48. The molecule has 2 heterocycles. The minimum Gasteiger partial charge on any atom is -0.376 e. The highest BCUT2D eigenvalue weighted by molar-refractivity contribution is 5.28. The zero-order valence-corrected chi connectivity index (χ0v) is 9.16. The van der Waals surface area contributed by atoms with Crippen molar-refractivity contribution in [2.24, 2.45) is 0 Å². The molecule has 0 bridgehead atoms. The molecule has 1 aromatic rings. The highest BCUT2D eigenvalue weighted by Gasteiger charge is 2.33. The van der Waals surface area contributed by atoms with Crippen LogP contribution in [0.5, 0.6) is 0 Å². The van der Waals surface area contributed by atoms with Crippen molar-refractivity contribution in [3.8, 4) is 0 Å². The number of halogens is 3. The zero-order chi connectivity index (χ0) is 12.5. The summed E-state index contributed by atoms with van der Waals surface area (Å²) in [7, 11) is 0. The Hall–Kier alpha value is -1.37. The number of aromatic nitrogens is 2. The van der Waals surface area contributed by atoms with E-state index in [-0.39, 0.29) is 18.1 Å². The number of alkyl halides is 3. The van der Waals surface area contributed by atoms with E-state index < -0.39 is 11.9 Å². The molecule has 4 nitrogen and oxygen atoms in total. The first kappa shape index (κ1) is 12.1. The third kappa shape index (κ3) is 2.85.